The highest BCUT2D eigenvalue weighted by atomic mass is 32.2. The first-order chi connectivity index (χ1) is 18.9. The van der Waals surface area contributed by atoms with Crippen molar-refractivity contribution in [1.82, 2.24) is 19.7 Å². The maximum Gasteiger partial charge on any atom is 0.256 e. The van der Waals surface area contributed by atoms with Crippen molar-refractivity contribution in [3.63, 3.8) is 0 Å². The second-order valence-corrected chi connectivity index (χ2v) is 12.3. The lowest BCUT2D eigenvalue weighted by Gasteiger charge is -2.46. The zero-order valence-corrected chi connectivity index (χ0v) is 24.3. The molecule has 2 bridgehead atoms. The van der Waals surface area contributed by atoms with Gasteiger partial charge < -0.3 is 20.9 Å². The van der Waals surface area contributed by atoms with Crippen LogP contribution in [0.15, 0.2) is 45.0 Å². The summed E-state index contributed by atoms with van der Waals surface area (Å²) in [5.41, 5.74) is 7.63. The summed E-state index contributed by atoms with van der Waals surface area (Å²) in [5.74, 6) is 2.03. The molecule has 2 atom stereocenters. The number of piperazine rings is 1. The Bertz CT molecular complexity index is 1130. The van der Waals surface area contributed by atoms with E-state index >= 15 is 0 Å². The highest BCUT2D eigenvalue weighted by molar-refractivity contribution is 8.02. The molecule has 4 fully saturated rings. The Morgan fingerprint density at radius 1 is 1.15 bits per heavy atom. The van der Waals surface area contributed by atoms with E-state index in [1.165, 1.54) is 11.8 Å². The van der Waals surface area contributed by atoms with E-state index in [0.717, 1.165) is 64.7 Å². The van der Waals surface area contributed by atoms with Crippen molar-refractivity contribution in [2.75, 3.05) is 37.4 Å². The standard InChI is InChI=1S/C28H39N7O2S2/c1-18(29)26(38)24(30-2)16-39-17-32-25-8-5-20(13-31-25)28(37)35-22-6-7-23(35)15-34(14-22)21-9-11-33(12-10-21)27(36)19-3-4-19/h5,8,13,16,19,21-23,38H,2-4,6-7,9-12,14-15,17,29H2,1H3,(H,31,32)/b24-16-,26-18-/t22-,23+. The molecule has 0 radical (unpaired) electrons. The lowest BCUT2D eigenvalue weighted by Crippen LogP contribution is -2.59. The van der Waals surface area contributed by atoms with Gasteiger partial charge in [0, 0.05) is 67.0 Å². The van der Waals surface area contributed by atoms with Gasteiger partial charge in [0.25, 0.3) is 5.91 Å². The number of nitrogens with two attached hydrogens (primary N) is 1. The number of thioether (sulfide) groups is 1. The van der Waals surface area contributed by atoms with Crippen LogP contribution in [-0.4, -0.2) is 88.4 Å². The van der Waals surface area contributed by atoms with Crippen LogP contribution in [0, 0.1) is 5.92 Å². The number of nitrogens with zero attached hydrogens (tertiary/aromatic N) is 5. The molecule has 3 N–H and O–H groups in total. The Morgan fingerprint density at radius 2 is 1.85 bits per heavy atom. The molecule has 1 aliphatic carbocycles. The van der Waals surface area contributed by atoms with Gasteiger partial charge in [0.1, 0.15) is 5.82 Å². The minimum absolute atomic E-state index is 0.0790. The molecule has 9 nitrogen and oxygen atoms in total. The fourth-order valence-electron chi connectivity index (χ4n) is 5.99. The molecular weight excluding hydrogens is 530 g/mol. The van der Waals surface area contributed by atoms with Gasteiger partial charge in [-0.1, -0.05) is 0 Å². The quantitative estimate of drug-likeness (QED) is 0.137. The van der Waals surface area contributed by atoms with E-state index in [1.54, 1.807) is 13.1 Å². The summed E-state index contributed by atoms with van der Waals surface area (Å²) in [6, 6.07) is 4.73. The van der Waals surface area contributed by atoms with E-state index in [2.05, 4.69) is 49.3 Å². The number of hydrogen-bond donors (Lipinski definition) is 3. The van der Waals surface area contributed by atoms with E-state index in [0.29, 0.717) is 51.4 Å². The average molecular weight is 570 g/mol. The predicted octanol–water partition coefficient (Wildman–Crippen LogP) is 3.54. The SMILES string of the molecule is C=NC(=C\SCNc1ccc(C(=O)N2[C@@H]3CC[C@H]2CN(C2CCN(C(=O)C4CC4)CC2)C3)cn1)/C(S)=C(\C)N. The van der Waals surface area contributed by atoms with Crippen molar-refractivity contribution >= 4 is 48.7 Å². The minimum Gasteiger partial charge on any atom is -0.401 e. The first-order valence-electron chi connectivity index (χ1n) is 13.8. The molecule has 0 spiro atoms. The van der Waals surface area contributed by atoms with Crippen LogP contribution in [0.25, 0.3) is 0 Å². The first kappa shape index (κ1) is 28.0. The number of pyridine rings is 1. The fraction of sp³-hybridized carbons (Fsp3) is 0.571. The van der Waals surface area contributed by atoms with Gasteiger partial charge in [0.2, 0.25) is 5.91 Å². The van der Waals surface area contributed by atoms with Gasteiger partial charge in [-0.25, -0.2) is 4.98 Å². The second-order valence-electron chi connectivity index (χ2n) is 11.0. The molecule has 1 aromatic heterocycles. The second kappa shape index (κ2) is 12.3. The average Bonchev–Trinajstić information content (AvgIpc) is 3.77. The molecule has 4 aliphatic rings. The third kappa shape index (κ3) is 6.47. The Hall–Kier alpha value is -2.50. The zero-order valence-electron chi connectivity index (χ0n) is 22.6. The number of carbonyl (C=O) groups is 2. The molecule has 1 aromatic rings. The van der Waals surface area contributed by atoms with Crippen molar-refractivity contribution in [3.05, 3.63) is 45.6 Å². The zero-order chi connectivity index (χ0) is 27.5. The molecule has 3 aliphatic heterocycles. The number of aromatic nitrogens is 1. The normalized spacial score (nSPS) is 24.9. The topological polar surface area (TPSA) is 107 Å². The highest BCUT2D eigenvalue weighted by Crippen LogP contribution is 2.35. The molecule has 1 saturated carbocycles. The number of piperidine rings is 1. The number of amides is 2. The number of fused-ring (bicyclic) bond motifs is 2. The molecular formula is C28H39N7O2S2. The number of rotatable bonds is 9. The predicted molar refractivity (Wildman–Crippen MR) is 161 cm³/mol. The Kier molecular flexibility index (Phi) is 8.88. The summed E-state index contributed by atoms with van der Waals surface area (Å²) < 4.78 is 0. The number of allylic oxidation sites excluding steroid dienone is 1. The summed E-state index contributed by atoms with van der Waals surface area (Å²) >= 11 is 5.87. The molecule has 0 aromatic carbocycles. The summed E-state index contributed by atoms with van der Waals surface area (Å²) in [6.45, 7) is 8.95. The fourth-order valence-corrected chi connectivity index (χ4v) is 6.87. The maximum absolute atomic E-state index is 13.5. The summed E-state index contributed by atoms with van der Waals surface area (Å²) in [5, 5.41) is 5.10. The van der Waals surface area contributed by atoms with E-state index in [-0.39, 0.29) is 18.0 Å². The van der Waals surface area contributed by atoms with Crippen LogP contribution in [0.1, 0.15) is 55.8 Å². The molecule has 210 valence electrons. The lowest BCUT2D eigenvalue weighted by molar-refractivity contribution is -0.134. The van der Waals surface area contributed by atoms with Crippen LogP contribution >= 0.6 is 24.4 Å². The molecule has 4 heterocycles. The Labute approximate surface area is 240 Å². The van der Waals surface area contributed by atoms with Crippen molar-refractivity contribution in [2.45, 2.75) is 63.6 Å². The largest absolute Gasteiger partial charge is 0.401 e. The number of hydrogen-bond acceptors (Lipinski definition) is 9. The number of aliphatic imine (C=N–C) groups is 1. The number of thiol groups is 1. The third-order valence-electron chi connectivity index (χ3n) is 8.29. The van der Waals surface area contributed by atoms with Gasteiger partial charge in [-0.3, -0.25) is 19.5 Å². The van der Waals surface area contributed by atoms with Gasteiger partial charge in [-0.2, -0.15) is 0 Å². The molecule has 0 unspecified atom stereocenters. The highest BCUT2D eigenvalue weighted by Gasteiger charge is 2.45. The van der Waals surface area contributed by atoms with Gasteiger partial charge >= 0.3 is 0 Å². The maximum atomic E-state index is 13.5. The molecule has 11 heteroatoms. The van der Waals surface area contributed by atoms with Gasteiger partial charge in [0.05, 0.1) is 17.1 Å². The summed E-state index contributed by atoms with van der Waals surface area (Å²) in [7, 11) is 0. The van der Waals surface area contributed by atoms with Crippen molar-refractivity contribution in [3.8, 4) is 0 Å². The number of carbonyl (C=O) groups excluding carboxylic acids is 2. The number of nitrogens with one attached hydrogen (secondary N) is 1. The molecule has 39 heavy (non-hydrogen) atoms. The number of likely N-dealkylation sites (tertiary alicyclic amines) is 2. The van der Waals surface area contributed by atoms with Gasteiger partial charge in [-0.15, -0.1) is 24.4 Å². The van der Waals surface area contributed by atoms with Crippen molar-refractivity contribution in [2.24, 2.45) is 16.6 Å². The van der Waals surface area contributed by atoms with Crippen molar-refractivity contribution in [1.29, 1.82) is 0 Å². The number of anilines is 1. The van der Waals surface area contributed by atoms with Gasteiger partial charge in [0.15, 0.2) is 0 Å². The minimum atomic E-state index is 0.0790. The van der Waals surface area contributed by atoms with E-state index in [4.69, 9.17) is 5.73 Å². The third-order valence-corrected chi connectivity index (χ3v) is 9.58. The Balaban J connectivity index is 1.11. The summed E-state index contributed by atoms with van der Waals surface area (Å²) in [4.78, 5) is 41.7. The van der Waals surface area contributed by atoms with Crippen LogP contribution in [0.3, 0.4) is 0 Å². The Morgan fingerprint density at radius 3 is 2.41 bits per heavy atom. The molecule has 5 rings (SSSR count). The van der Waals surface area contributed by atoms with E-state index in [9.17, 15) is 9.59 Å². The van der Waals surface area contributed by atoms with Crippen LogP contribution in [0.4, 0.5) is 5.82 Å². The smallest absolute Gasteiger partial charge is 0.256 e. The van der Waals surface area contributed by atoms with Crippen LogP contribution in [-0.2, 0) is 4.79 Å². The van der Waals surface area contributed by atoms with Gasteiger partial charge in [-0.05, 0) is 69.7 Å². The van der Waals surface area contributed by atoms with E-state index < -0.39 is 0 Å². The van der Waals surface area contributed by atoms with Crippen LogP contribution in [0.2, 0.25) is 0 Å². The molecule has 2 amide bonds. The van der Waals surface area contributed by atoms with Crippen molar-refractivity contribution < 1.29 is 9.59 Å². The van der Waals surface area contributed by atoms with Crippen LogP contribution in [0.5, 0.6) is 0 Å². The molecule has 3 saturated heterocycles. The van der Waals surface area contributed by atoms with E-state index in [1.807, 2.05) is 17.5 Å². The first-order valence-corrected chi connectivity index (χ1v) is 15.3. The van der Waals surface area contributed by atoms with Crippen LogP contribution < -0.4 is 11.1 Å². The summed E-state index contributed by atoms with van der Waals surface area (Å²) in [6.07, 6.45) is 8.01. The monoisotopic (exact) mass is 569 g/mol. The lowest BCUT2D eigenvalue weighted by atomic mass is 10.00.